The molecule has 1 saturated heterocycles. The van der Waals surface area contributed by atoms with Gasteiger partial charge in [-0.25, -0.2) is 9.18 Å². The zero-order valence-corrected chi connectivity index (χ0v) is 20.5. The van der Waals surface area contributed by atoms with Crippen LogP contribution in [0.2, 0.25) is 0 Å². The van der Waals surface area contributed by atoms with Crippen LogP contribution in [0.1, 0.15) is 43.3 Å². The fourth-order valence-electron chi connectivity index (χ4n) is 4.73. The van der Waals surface area contributed by atoms with Crippen LogP contribution in [-0.2, 0) is 16.1 Å². The Morgan fingerprint density at radius 2 is 1.95 bits per heavy atom. The third kappa shape index (κ3) is 5.05. The number of methoxy groups -OCH3 is 1. The molecule has 0 spiro atoms. The van der Waals surface area contributed by atoms with Gasteiger partial charge in [0.2, 0.25) is 11.8 Å². The second-order valence-corrected chi connectivity index (χ2v) is 9.01. The number of rotatable bonds is 8. The maximum atomic E-state index is 14.2. The molecule has 1 amide bonds. The molecule has 1 aliphatic rings. The molecule has 1 fully saturated rings. The van der Waals surface area contributed by atoms with E-state index < -0.39 is 18.1 Å². The molecule has 0 radical (unpaired) electrons. The Hall–Kier alpha value is -4.00. The highest BCUT2D eigenvalue weighted by atomic mass is 19.3. The molecule has 0 unspecified atom stereocenters. The molecular formula is C25H25F3N6O4. The number of hydrogen-bond donors (Lipinski definition) is 0. The Morgan fingerprint density at radius 3 is 2.61 bits per heavy atom. The minimum atomic E-state index is -2.88. The zero-order chi connectivity index (χ0) is 26.8. The van der Waals surface area contributed by atoms with Crippen LogP contribution in [0.5, 0.6) is 0 Å². The molecule has 10 nitrogen and oxygen atoms in total. The Labute approximate surface area is 214 Å². The normalized spacial score (nSPS) is 14.6. The maximum absolute atomic E-state index is 14.2. The predicted octanol–water partition coefficient (Wildman–Crippen LogP) is 3.57. The van der Waals surface area contributed by atoms with E-state index in [4.69, 9.17) is 9.15 Å². The number of amides is 1. The standard InChI is InChI=1S/C25H25F3N6O4/c1-37-11-8-21(35)32-9-6-18(7-10-32)34-19-5-3-16(26)12-20(19)33(25(34)36)14-17-4-2-15(13-29-17)23-30-31-24(38-23)22(27)28/h2-5,12-13,18,22H,6-11,14H2,1H3. The Kier molecular flexibility index (Phi) is 7.27. The van der Waals surface area contributed by atoms with Crippen molar-refractivity contribution in [3.63, 3.8) is 0 Å². The molecule has 200 valence electrons. The first kappa shape index (κ1) is 25.6. The first-order chi connectivity index (χ1) is 18.4. The highest BCUT2D eigenvalue weighted by molar-refractivity contribution is 5.77. The largest absolute Gasteiger partial charge is 0.415 e. The molecule has 0 aliphatic carbocycles. The van der Waals surface area contributed by atoms with Crippen molar-refractivity contribution < 1.29 is 27.1 Å². The fraction of sp³-hybridized carbons (Fsp3) is 0.400. The number of pyridine rings is 1. The van der Waals surface area contributed by atoms with E-state index in [1.165, 1.54) is 22.9 Å². The lowest BCUT2D eigenvalue weighted by Crippen LogP contribution is -2.41. The fourth-order valence-corrected chi connectivity index (χ4v) is 4.73. The van der Waals surface area contributed by atoms with Crippen molar-refractivity contribution in [3.05, 3.63) is 64.4 Å². The third-order valence-electron chi connectivity index (χ3n) is 6.65. The van der Waals surface area contributed by atoms with Crippen molar-refractivity contribution in [3.8, 4) is 11.5 Å². The maximum Gasteiger partial charge on any atom is 0.329 e. The second kappa shape index (κ2) is 10.8. The van der Waals surface area contributed by atoms with Crippen molar-refractivity contribution >= 4 is 16.9 Å². The first-order valence-electron chi connectivity index (χ1n) is 12.1. The number of ether oxygens (including phenoxy) is 1. The van der Waals surface area contributed by atoms with Crippen molar-refractivity contribution in [2.75, 3.05) is 26.8 Å². The van der Waals surface area contributed by atoms with E-state index in [2.05, 4.69) is 15.2 Å². The topological polar surface area (TPSA) is 108 Å². The van der Waals surface area contributed by atoms with E-state index in [0.717, 1.165) is 0 Å². The summed E-state index contributed by atoms with van der Waals surface area (Å²) in [6.07, 6.45) is 0.000973. The third-order valence-corrected chi connectivity index (χ3v) is 6.65. The van der Waals surface area contributed by atoms with Gasteiger partial charge < -0.3 is 14.1 Å². The molecule has 13 heteroatoms. The van der Waals surface area contributed by atoms with Crippen molar-refractivity contribution in [1.29, 1.82) is 0 Å². The Morgan fingerprint density at radius 1 is 1.16 bits per heavy atom. The van der Waals surface area contributed by atoms with Gasteiger partial charge in [-0.05, 0) is 43.2 Å². The molecule has 0 N–H and O–H groups in total. The number of piperidine rings is 1. The summed E-state index contributed by atoms with van der Waals surface area (Å²) in [5.41, 5.74) is 1.56. The highest BCUT2D eigenvalue weighted by Gasteiger charge is 2.27. The lowest BCUT2D eigenvalue weighted by Gasteiger charge is -2.32. The first-order valence-corrected chi connectivity index (χ1v) is 12.1. The van der Waals surface area contributed by atoms with E-state index >= 15 is 0 Å². The summed E-state index contributed by atoms with van der Waals surface area (Å²) in [5, 5.41) is 6.91. The molecule has 0 atom stereocenters. The SMILES string of the molecule is COCCC(=O)N1CCC(n2c(=O)n(Cc3ccc(-c4nnc(C(F)F)o4)cn3)c3cc(F)ccc32)CC1. The molecule has 1 aliphatic heterocycles. The van der Waals surface area contributed by atoms with E-state index in [1.807, 2.05) is 0 Å². The summed E-state index contributed by atoms with van der Waals surface area (Å²) in [6.45, 7) is 1.45. The highest BCUT2D eigenvalue weighted by Crippen LogP contribution is 2.27. The van der Waals surface area contributed by atoms with Crippen molar-refractivity contribution in [2.24, 2.45) is 0 Å². The zero-order valence-electron chi connectivity index (χ0n) is 20.5. The van der Waals surface area contributed by atoms with E-state index in [9.17, 15) is 22.8 Å². The van der Waals surface area contributed by atoms with Gasteiger partial charge in [0.15, 0.2) is 0 Å². The molecule has 38 heavy (non-hydrogen) atoms. The lowest BCUT2D eigenvalue weighted by molar-refractivity contribution is -0.133. The quantitative estimate of drug-likeness (QED) is 0.343. The van der Waals surface area contributed by atoms with Gasteiger partial charge in [0.25, 0.3) is 5.89 Å². The Bertz CT molecular complexity index is 1490. The monoisotopic (exact) mass is 530 g/mol. The van der Waals surface area contributed by atoms with Crippen LogP contribution in [0.25, 0.3) is 22.5 Å². The molecule has 1 aromatic carbocycles. The predicted molar refractivity (Wildman–Crippen MR) is 129 cm³/mol. The minimum Gasteiger partial charge on any atom is -0.415 e. The number of hydrogen-bond acceptors (Lipinski definition) is 7. The van der Waals surface area contributed by atoms with E-state index in [0.29, 0.717) is 61.2 Å². The van der Waals surface area contributed by atoms with Gasteiger partial charge in [-0.1, -0.05) is 0 Å². The summed E-state index contributed by atoms with van der Waals surface area (Å²) in [4.78, 5) is 32.0. The van der Waals surface area contributed by atoms with Crippen LogP contribution in [0, 0.1) is 5.82 Å². The number of halogens is 3. The number of likely N-dealkylation sites (tertiary alicyclic amines) is 1. The number of benzene rings is 1. The summed E-state index contributed by atoms with van der Waals surface area (Å²) in [7, 11) is 1.55. The number of alkyl halides is 2. The van der Waals surface area contributed by atoms with Gasteiger partial charge in [-0.15, -0.1) is 10.2 Å². The Balaban J connectivity index is 1.39. The number of aromatic nitrogens is 5. The van der Waals surface area contributed by atoms with Crippen LogP contribution in [0.15, 0.2) is 45.7 Å². The number of imidazole rings is 1. The van der Waals surface area contributed by atoms with Crippen LogP contribution in [-0.4, -0.2) is 61.9 Å². The van der Waals surface area contributed by atoms with Gasteiger partial charge in [0.05, 0.1) is 41.9 Å². The number of fused-ring (bicyclic) bond motifs is 1. The lowest BCUT2D eigenvalue weighted by atomic mass is 10.0. The van der Waals surface area contributed by atoms with Crippen LogP contribution >= 0.6 is 0 Å². The smallest absolute Gasteiger partial charge is 0.329 e. The van der Waals surface area contributed by atoms with Crippen molar-refractivity contribution in [1.82, 2.24) is 29.2 Å². The van der Waals surface area contributed by atoms with Crippen molar-refractivity contribution in [2.45, 2.75) is 38.3 Å². The van der Waals surface area contributed by atoms with Crippen LogP contribution in [0.3, 0.4) is 0 Å². The molecule has 0 saturated carbocycles. The molecular weight excluding hydrogens is 505 g/mol. The average molecular weight is 531 g/mol. The van der Waals surface area contributed by atoms with E-state index in [-0.39, 0.29) is 30.1 Å². The molecule has 4 aromatic rings. The molecule has 0 bridgehead atoms. The minimum absolute atomic E-state index is 0.0163. The molecule has 5 rings (SSSR count). The van der Waals surface area contributed by atoms with E-state index in [1.54, 1.807) is 34.8 Å². The van der Waals surface area contributed by atoms with Gasteiger partial charge >= 0.3 is 12.1 Å². The molecule has 4 heterocycles. The average Bonchev–Trinajstić information content (AvgIpc) is 3.52. The van der Waals surface area contributed by atoms with Crippen LogP contribution in [0.4, 0.5) is 13.2 Å². The number of nitrogens with zero attached hydrogens (tertiary/aromatic N) is 6. The van der Waals surface area contributed by atoms with Gasteiger partial charge in [0, 0.05) is 32.4 Å². The second-order valence-electron chi connectivity index (χ2n) is 9.01. The van der Waals surface area contributed by atoms with Gasteiger partial charge in [-0.3, -0.25) is 18.9 Å². The number of carbonyl (C=O) groups is 1. The van der Waals surface area contributed by atoms with Gasteiger partial charge in [-0.2, -0.15) is 8.78 Å². The molecule has 3 aromatic heterocycles. The van der Waals surface area contributed by atoms with Gasteiger partial charge in [0.1, 0.15) is 5.82 Å². The summed E-state index contributed by atoms with van der Waals surface area (Å²) in [6, 6.07) is 7.25. The summed E-state index contributed by atoms with van der Waals surface area (Å²) < 4.78 is 52.7. The summed E-state index contributed by atoms with van der Waals surface area (Å²) in [5.74, 6) is -1.34. The number of carbonyl (C=O) groups excluding carboxylic acids is 1. The van der Waals surface area contributed by atoms with Crippen LogP contribution < -0.4 is 5.69 Å². The summed E-state index contributed by atoms with van der Waals surface area (Å²) >= 11 is 0.